The first-order valence-electron chi connectivity index (χ1n) is 5.19. The molecule has 1 rings (SSSR count). The van der Waals surface area contributed by atoms with Gasteiger partial charge in [-0.05, 0) is 24.6 Å². The van der Waals surface area contributed by atoms with Gasteiger partial charge in [-0.25, -0.2) is 4.79 Å². The monoisotopic (exact) mass is 224 g/mol. The topological polar surface area (TPSA) is 62.7 Å². The summed E-state index contributed by atoms with van der Waals surface area (Å²) in [5.74, 6) is 0. The Morgan fingerprint density at radius 2 is 2.19 bits per heavy atom. The lowest BCUT2D eigenvalue weighted by Crippen LogP contribution is -2.31. The van der Waals surface area contributed by atoms with Crippen LogP contribution in [-0.2, 0) is 11.3 Å². The van der Waals surface area contributed by atoms with Crippen LogP contribution in [-0.4, -0.2) is 40.8 Å². The lowest BCUT2D eigenvalue weighted by Gasteiger charge is -2.19. The number of nitrogens with zero attached hydrogens (tertiary/aromatic N) is 2. The molecule has 0 atom stereocenters. The van der Waals surface area contributed by atoms with Crippen LogP contribution in [0.5, 0.6) is 0 Å². The molecule has 5 heteroatoms. The third-order valence-electron chi connectivity index (χ3n) is 2.08. The van der Waals surface area contributed by atoms with Crippen LogP contribution in [0.1, 0.15) is 12.5 Å². The Kier molecular flexibility index (Phi) is 5.28. The van der Waals surface area contributed by atoms with Gasteiger partial charge in [0.1, 0.15) is 6.61 Å². The number of carbonyl (C=O) groups excluding carboxylic acids is 1. The van der Waals surface area contributed by atoms with Crippen molar-refractivity contribution in [2.75, 3.05) is 19.8 Å². The molecule has 0 saturated heterocycles. The molecule has 0 aromatic carbocycles. The molecule has 0 aliphatic heterocycles. The van der Waals surface area contributed by atoms with Crippen LogP contribution in [0, 0.1) is 0 Å². The summed E-state index contributed by atoms with van der Waals surface area (Å²) in [5.41, 5.74) is 0.998. The van der Waals surface area contributed by atoms with Gasteiger partial charge >= 0.3 is 6.09 Å². The number of aliphatic hydroxyl groups is 1. The summed E-state index contributed by atoms with van der Waals surface area (Å²) in [6.45, 7) is 2.81. The molecule has 1 amide bonds. The standard InChI is InChI=1S/C11H16N2O3/c1-2-13(11(15)16-8-7-14)9-10-3-5-12-6-4-10/h3-6,14H,2,7-9H2,1H3. The molecule has 0 bridgehead atoms. The van der Waals surface area contributed by atoms with Gasteiger partial charge < -0.3 is 14.7 Å². The van der Waals surface area contributed by atoms with Crippen LogP contribution < -0.4 is 0 Å². The van der Waals surface area contributed by atoms with Crippen molar-refractivity contribution in [1.82, 2.24) is 9.88 Å². The smallest absolute Gasteiger partial charge is 0.410 e. The first-order valence-corrected chi connectivity index (χ1v) is 5.19. The maximum absolute atomic E-state index is 11.5. The molecule has 1 heterocycles. The van der Waals surface area contributed by atoms with E-state index in [4.69, 9.17) is 9.84 Å². The van der Waals surface area contributed by atoms with Crippen molar-refractivity contribution in [1.29, 1.82) is 0 Å². The third kappa shape index (κ3) is 3.86. The molecule has 0 saturated carbocycles. The molecular formula is C11H16N2O3. The molecule has 0 fully saturated rings. The van der Waals surface area contributed by atoms with Crippen molar-refractivity contribution in [2.45, 2.75) is 13.5 Å². The maximum atomic E-state index is 11.5. The normalized spacial score (nSPS) is 9.88. The number of hydrogen-bond donors (Lipinski definition) is 1. The van der Waals surface area contributed by atoms with E-state index < -0.39 is 6.09 Å². The van der Waals surface area contributed by atoms with Gasteiger partial charge in [0.2, 0.25) is 0 Å². The van der Waals surface area contributed by atoms with Crippen LogP contribution in [0.2, 0.25) is 0 Å². The summed E-state index contributed by atoms with van der Waals surface area (Å²) in [5, 5.41) is 8.56. The van der Waals surface area contributed by atoms with E-state index in [1.165, 1.54) is 0 Å². The van der Waals surface area contributed by atoms with Gasteiger partial charge in [-0.2, -0.15) is 0 Å². The zero-order valence-electron chi connectivity index (χ0n) is 9.30. The molecule has 5 nitrogen and oxygen atoms in total. The Morgan fingerprint density at radius 1 is 1.50 bits per heavy atom. The third-order valence-corrected chi connectivity index (χ3v) is 2.08. The molecule has 88 valence electrons. The SMILES string of the molecule is CCN(Cc1ccncc1)C(=O)OCCO. The molecule has 0 radical (unpaired) electrons. The molecular weight excluding hydrogens is 208 g/mol. The molecule has 0 aliphatic carbocycles. The second-order valence-corrected chi connectivity index (χ2v) is 3.21. The number of rotatable bonds is 5. The second-order valence-electron chi connectivity index (χ2n) is 3.21. The first-order chi connectivity index (χ1) is 7.77. The molecule has 0 unspecified atom stereocenters. The molecule has 1 aromatic rings. The Bertz CT molecular complexity index is 316. The van der Waals surface area contributed by atoms with Crippen molar-refractivity contribution in [3.8, 4) is 0 Å². The highest BCUT2D eigenvalue weighted by molar-refractivity contribution is 5.67. The van der Waals surface area contributed by atoms with Crippen molar-refractivity contribution < 1.29 is 14.6 Å². The number of carbonyl (C=O) groups is 1. The fourth-order valence-corrected chi connectivity index (χ4v) is 1.24. The van der Waals surface area contributed by atoms with Crippen molar-refractivity contribution in [3.63, 3.8) is 0 Å². The van der Waals surface area contributed by atoms with Crippen LogP contribution in [0.15, 0.2) is 24.5 Å². The summed E-state index contributed by atoms with van der Waals surface area (Å²) in [4.78, 5) is 17.0. The number of aliphatic hydroxyl groups excluding tert-OH is 1. The summed E-state index contributed by atoms with van der Waals surface area (Å²) >= 11 is 0. The van der Waals surface area contributed by atoms with Gasteiger partial charge in [0, 0.05) is 25.5 Å². The lowest BCUT2D eigenvalue weighted by molar-refractivity contribution is 0.0836. The van der Waals surface area contributed by atoms with Crippen LogP contribution in [0.3, 0.4) is 0 Å². The highest BCUT2D eigenvalue weighted by Crippen LogP contribution is 2.04. The number of amides is 1. The summed E-state index contributed by atoms with van der Waals surface area (Å²) in [6, 6.07) is 3.70. The van der Waals surface area contributed by atoms with E-state index >= 15 is 0 Å². The van der Waals surface area contributed by atoms with Gasteiger partial charge in [-0.15, -0.1) is 0 Å². The Balaban J connectivity index is 2.52. The molecule has 16 heavy (non-hydrogen) atoms. The van der Waals surface area contributed by atoms with Crippen molar-refractivity contribution >= 4 is 6.09 Å². The molecule has 0 spiro atoms. The lowest BCUT2D eigenvalue weighted by atomic mass is 10.2. The minimum absolute atomic E-state index is 0.0334. The summed E-state index contributed by atoms with van der Waals surface area (Å²) in [7, 11) is 0. The minimum atomic E-state index is -0.409. The van der Waals surface area contributed by atoms with Crippen molar-refractivity contribution in [3.05, 3.63) is 30.1 Å². The van der Waals surface area contributed by atoms with E-state index in [9.17, 15) is 4.79 Å². The van der Waals surface area contributed by atoms with Gasteiger partial charge in [0.15, 0.2) is 0 Å². The average molecular weight is 224 g/mol. The first kappa shape index (κ1) is 12.4. The van der Waals surface area contributed by atoms with Crippen LogP contribution >= 0.6 is 0 Å². The minimum Gasteiger partial charge on any atom is -0.447 e. The van der Waals surface area contributed by atoms with E-state index in [-0.39, 0.29) is 13.2 Å². The zero-order valence-corrected chi connectivity index (χ0v) is 9.30. The van der Waals surface area contributed by atoms with Crippen LogP contribution in [0.4, 0.5) is 4.79 Å². The summed E-state index contributed by atoms with van der Waals surface area (Å²) in [6.07, 6.45) is 2.96. The van der Waals surface area contributed by atoms with Gasteiger partial charge in [0.25, 0.3) is 0 Å². The zero-order chi connectivity index (χ0) is 11.8. The largest absolute Gasteiger partial charge is 0.447 e. The number of hydrogen-bond acceptors (Lipinski definition) is 4. The Labute approximate surface area is 94.7 Å². The summed E-state index contributed by atoms with van der Waals surface area (Å²) < 4.78 is 4.84. The van der Waals surface area contributed by atoms with E-state index in [0.717, 1.165) is 5.56 Å². The number of aromatic nitrogens is 1. The van der Waals surface area contributed by atoms with Gasteiger partial charge in [-0.3, -0.25) is 4.98 Å². The Morgan fingerprint density at radius 3 is 2.75 bits per heavy atom. The fourth-order valence-electron chi connectivity index (χ4n) is 1.24. The number of pyridine rings is 1. The van der Waals surface area contributed by atoms with Gasteiger partial charge in [0.05, 0.1) is 6.61 Å². The fraction of sp³-hybridized carbons (Fsp3) is 0.455. The van der Waals surface area contributed by atoms with E-state index in [0.29, 0.717) is 13.1 Å². The molecule has 0 aliphatic rings. The molecule has 1 aromatic heterocycles. The maximum Gasteiger partial charge on any atom is 0.410 e. The quantitative estimate of drug-likeness (QED) is 0.811. The highest BCUT2D eigenvalue weighted by atomic mass is 16.6. The Hall–Kier alpha value is -1.62. The van der Waals surface area contributed by atoms with Crippen molar-refractivity contribution in [2.24, 2.45) is 0 Å². The highest BCUT2D eigenvalue weighted by Gasteiger charge is 2.12. The van der Waals surface area contributed by atoms with Crippen LogP contribution in [0.25, 0.3) is 0 Å². The van der Waals surface area contributed by atoms with E-state index in [1.54, 1.807) is 17.3 Å². The predicted molar refractivity (Wildman–Crippen MR) is 58.8 cm³/mol. The van der Waals surface area contributed by atoms with E-state index in [1.807, 2.05) is 19.1 Å². The van der Waals surface area contributed by atoms with E-state index in [2.05, 4.69) is 4.98 Å². The molecule has 1 N–H and O–H groups in total. The second kappa shape index (κ2) is 6.79. The average Bonchev–Trinajstić information content (AvgIpc) is 2.34. The van der Waals surface area contributed by atoms with Gasteiger partial charge in [-0.1, -0.05) is 0 Å². The predicted octanol–water partition coefficient (Wildman–Crippen LogP) is 1.03. The number of ether oxygens (including phenoxy) is 1.